The largest absolute Gasteiger partial charge is 0.436 e. The van der Waals surface area contributed by atoms with E-state index in [2.05, 4.69) is 39.0 Å². The van der Waals surface area contributed by atoms with Crippen molar-refractivity contribution in [3.8, 4) is 11.5 Å². The van der Waals surface area contributed by atoms with Gasteiger partial charge >= 0.3 is 0 Å². The van der Waals surface area contributed by atoms with Gasteiger partial charge in [0.1, 0.15) is 5.52 Å². The number of oxazole rings is 1. The number of nitrogens with zero attached hydrogens (tertiary/aromatic N) is 1. The Morgan fingerprint density at radius 3 is 2.67 bits per heavy atom. The maximum atomic E-state index is 12.6. The number of benzene rings is 3. The summed E-state index contributed by atoms with van der Waals surface area (Å²) in [6, 6.07) is 19.1. The van der Waals surface area contributed by atoms with E-state index in [1.165, 1.54) is 0 Å². The van der Waals surface area contributed by atoms with Crippen molar-refractivity contribution in [2.24, 2.45) is 0 Å². The monoisotopic (exact) mass is 468 g/mol. The highest BCUT2D eigenvalue weighted by atomic mass is 127. The number of anilines is 1. The van der Waals surface area contributed by atoms with E-state index < -0.39 is 0 Å². The first-order chi connectivity index (χ1) is 13.0. The predicted molar refractivity (Wildman–Crippen MR) is 116 cm³/mol. The lowest BCUT2D eigenvalue weighted by molar-refractivity contribution is 0.102. The van der Waals surface area contributed by atoms with Crippen LogP contribution >= 0.6 is 22.6 Å². The number of amides is 1. The van der Waals surface area contributed by atoms with Gasteiger partial charge in [-0.25, -0.2) is 4.98 Å². The second-order valence-electron chi connectivity index (χ2n) is 6.46. The Balaban J connectivity index is 1.66. The van der Waals surface area contributed by atoms with Crippen LogP contribution in [-0.4, -0.2) is 10.9 Å². The van der Waals surface area contributed by atoms with Gasteiger partial charge in [0.05, 0.1) is 5.56 Å². The summed E-state index contributed by atoms with van der Waals surface area (Å²) < 4.78 is 6.89. The van der Waals surface area contributed by atoms with Crippen molar-refractivity contribution in [3.63, 3.8) is 0 Å². The van der Waals surface area contributed by atoms with E-state index in [1.54, 1.807) is 0 Å². The standard InChI is InChI=1S/C22H17IN2O2/c1-13-10-14(2)20-19(11-13)25-22(27-20)15-6-5-7-16(12-15)24-21(26)17-8-3-4-9-18(17)23/h3-12H,1-2H3,(H,24,26). The zero-order chi connectivity index (χ0) is 19.0. The lowest BCUT2D eigenvalue weighted by atomic mass is 10.1. The van der Waals surface area contributed by atoms with Gasteiger partial charge in [0.2, 0.25) is 5.89 Å². The summed E-state index contributed by atoms with van der Waals surface area (Å²) >= 11 is 2.16. The Kier molecular flexibility index (Phi) is 4.70. The molecule has 27 heavy (non-hydrogen) atoms. The Hall–Kier alpha value is -2.67. The molecule has 0 spiro atoms. The molecular formula is C22H17IN2O2. The summed E-state index contributed by atoms with van der Waals surface area (Å²) in [5.41, 5.74) is 6.03. The topological polar surface area (TPSA) is 55.1 Å². The molecule has 4 rings (SSSR count). The van der Waals surface area contributed by atoms with Crippen molar-refractivity contribution in [1.29, 1.82) is 0 Å². The number of hydrogen-bond donors (Lipinski definition) is 1. The van der Waals surface area contributed by atoms with Gasteiger partial charge in [0, 0.05) is 14.8 Å². The molecular weight excluding hydrogens is 451 g/mol. The van der Waals surface area contributed by atoms with Gasteiger partial charge in [-0.2, -0.15) is 0 Å². The summed E-state index contributed by atoms with van der Waals surface area (Å²) in [6.07, 6.45) is 0. The Morgan fingerprint density at radius 2 is 1.85 bits per heavy atom. The number of carbonyl (C=O) groups excluding carboxylic acids is 1. The summed E-state index contributed by atoms with van der Waals surface area (Å²) in [7, 11) is 0. The number of aryl methyl sites for hydroxylation is 2. The molecule has 0 atom stereocenters. The molecule has 0 bridgehead atoms. The average Bonchev–Trinajstić information content (AvgIpc) is 3.06. The smallest absolute Gasteiger partial charge is 0.256 e. The van der Waals surface area contributed by atoms with Crippen LogP contribution < -0.4 is 5.32 Å². The van der Waals surface area contributed by atoms with Gasteiger partial charge in [-0.15, -0.1) is 0 Å². The second kappa shape index (κ2) is 7.15. The molecule has 5 heteroatoms. The zero-order valence-corrected chi connectivity index (χ0v) is 17.1. The molecule has 0 saturated heterocycles. The van der Waals surface area contributed by atoms with E-state index in [0.717, 1.165) is 31.4 Å². The van der Waals surface area contributed by atoms with Crippen molar-refractivity contribution in [3.05, 3.63) is 80.9 Å². The van der Waals surface area contributed by atoms with Gasteiger partial charge in [0.15, 0.2) is 5.58 Å². The lowest BCUT2D eigenvalue weighted by Crippen LogP contribution is -2.13. The molecule has 4 nitrogen and oxygen atoms in total. The number of carbonyl (C=O) groups is 1. The van der Waals surface area contributed by atoms with Gasteiger partial charge in [0.25, 0.3) is 5.91 Å². The maximum absolute atomic E-state index is 12.6. The van der Waals surface area contributed by atoms with Gasteiger partial charge in [-0.05, 0) is 84.0 Å². The van der Waals surface area contributed by atoms with Gasteiger partial charge in [-0.3, -0.25) is 4.79 Å². The van der Waals surface area contributed by atoms with E-state index >= 15 is 0 Å². The number of rotatable bonds is 3. The van der Waals surface area contributed by atoms with Crippen LogP contribution in [0.15, 0.2) is 65.1 Å². The molecule has 1 N–H and O–H groups in total. The summed E-state index contributed by atoms with van der Waals surface area (Å²) in [5, 5.41) is 2.95. The van der Waals surface area contributed by atoms with Crippen LogP contribution in [0.5, 0.6) is 0 Å². The van der Waals surface area contributed by atoms with E-state index in [4.69, 9.17) is 4.42 Å². The van der Waals surface area contributed by atoms with Crippen LogP contribution in [0.25, 0.3) is 22.6 Å². The lowest BCUT2D eigenvalue weighted by Gasteiger charge is -2.07. The number of aromatic nitrogens is 1. The highest BCUT2D eigenvalue weighted by Gasteiger charge is 2.13. The third-order valence-electron chi connectivity index (χ3n) is 4.31. The van der Waals surface area contributed by atoms with Crippen molar-refractivity contribution in [2.45, 2.75) is 13.8 Å². The molecule has 0 fully saturated rings. The minimum absolute atomic E-state index is 0.138. The van der Waals surface area contributed by atoms with Crippen molar-refractivity contribution in [2.75, 3.05) is 5.32 Å². The second-order valence-corrected chi connectivity index (χ2v) is 7.63. The Bertz CT molecular complexity index is 1160. The minimum Gasteiger partial charge on any atom is -0.436 e. The Labute approximate surface area is 170 Å². The molecule has 1 amide bonds. The normalized spacial score (nSPS) is 10.9. The Morgan fingerprint density at radius 1 is 1.04 bits per heavy atom. The van der Waals surface area contributed by atoms with Gasteiger partial charge < -0.3 is 9.73 Å². The number of nitrogens with one attached hydrogen (secondary N) is 1. The fraction of sp³-hybridized carbons (Fsp3) is 0.0909. The summed E-state index contributed by atoms with van der Waals surface area (Å²) in [5.74, 6) is 0.408. The van der Waals surface area contributed by atoms with E-state index in [9.17, 15) is 4.79 Å². The summed E-state index contributed by atoms with van der Waals surface area (Å²) in [4.78, 5) is 17.2. The first kappa shape index (κ1) is 17.7. The minimum atomic E-state index is -0.138. The van der Waals surface area contributed by atoms with Crippen LogP contribution in [0.4, 0.5) is 5.69 Å². The molecule has 0 aliphatic heterocycles. The van der Waals surface area contributed by atoms with Crippen LogP contribution in [0.3, 0.4) is 0 Å². The number of hydrogen-bond acceptors (Lipinski definition) is 3. The van der Waals surface area contributed by atoms with Crippen molar-refractivity contribution < 1.29 is 9.21 Å². The fourth-order valence-electron chi connectivity index (χ4n) is 3.07. The molecule has 0 saturated carbocycles. The molecule has 3 aromatic carbocycles. The maximum Gasteiger partial charge on any atom is 0.256 e. The van der Waals surface area contributed by atoms with E-state index in [0.29, 0.717) is 17.1 Å². The molecule has 0 radical (unpaired) electrons. The molecule has 4 aromatic rings. The third-order valence-corrected chi connectivity index (χ3v) is 5.25. The van der Waals surface area contributed by atoms with Crippen LogP contribution in [0.2, 0.25) is 0 Å². The highest BCUT2D eigenvalue weighted by molar-refractivity contribution is 14.1. The molecule has 134 valence electrons. The first-order valence-corrected chi connectivity index (χ1v) is 9.63. The molecule has 1 heterocycles. The predicted octanol–water partition coefficient (Wildman–Crippen LogP) is 5.97. The average molecular weight is 468 g/mol. The first-order valence-electron chi connectivity index (χ1n) is 8.55. The highest BCUT2D eigenvalue weighted by Crippen LogP contribution is 2.29. The molecule has 1 aromatic heterocycles. The molecule has 0 aliphatic rings. The van der Waals surface area contributed by atoms with Crippen LogP contribution in [-0.2, 0) is 0 Å². The van der Waals surface area contributed by atoms with E-state index in [-0.39, 0.29) is 5.91 Å². The van der Waals surface area contributed by atoms with Crippen molar-refractivity contribution in [1.82, 2.24) is 4.98 Å². The molecule has 0 aliphatic carbocycles. The zero-order valence-electron chi connectivity index (χ0n) is 14.9. The van der Waals surface area contributed by atoms with Crippen LogP contribution in [0, 0.1) is 17.4 Å². The van der Waals surface area contributed by atoms with E-state index in [1.807, 2.05) is 68.4 Å². The summed E-state index contributed by atoms with van der Waals surface area (Å²) in [6.45, 7) is 4.06. The third kappa shape index (κ3) is 3.60. The SMILES string of the molecule is Cc1cc(C)c2oc(-c3cccc(NC(=O)c4ccccc4I)c3)nc2c1. The van der Waals surface area contributed by atoms with Gasteiger partial charge in [-0.1, -0.05) is 24.3 Å². The van der Waals surface area contributed by atoms with Crippen LogP contribution in [0.1, 0.15) is 21.5 Å². The number of fused-ring (bicyclic) bond motifs is 1. The quantitative estimate of drug-likeness (QED) is 0.377. The van der Waals surface area contributed by atoms with Crippen molar-refractivity contribution >= 4 is 45.3 Å². The fourth-order valence-corrected chi connectivity index (χ4v) is 3.71. The number of halogens is 1. The molecule has 0 unspecified atom stereocenters.